The van der Waals surface area contributed by atoms with Gasteiger partial charge in [-0.05, 0) is 24.1 Å². The number of thiol groups is 1. The van der Waals surface area contributed by atoms with Crippen LogP contribution >= 0.6 is 35.2 Å². The zero-order valence-corrected chi connectivity index (χ0v) is 11.0. The van der Waals surface area contributed by atoms with Gasteiger partial charge in [-0.3, -0.25) is 0 Å². The largest absolute Gasteiger partial charge is 0.316 e. The third-order valence-corrected chi connectivity index (χ3v) is 4.41. The average molecular weight is 319 g/mol. The number of halogens is 1. The molecule has 1 aliphatic heterocycles. The van der Waals surface area contributed by atoms with Crippen molar-refractivity contribution in [2.24, 2.45) is 5.92 Å². The van der Waals surface area contributed by atoms with Crippen molar-refractivity contribution in [3.63, 3.8) is 0 Å². The Kier molecular flexibility index (Phi) is 3.73. The van der Waals surface area contributed by atoms with Gasteiger partial charge in [-0.15, -0.1) is 12.6 Å². The number of alkyl halides is 1. The van der Waals surface area contributed by atoms with E-state index in [2.05, 4.69) is 58.7 Å². The van der Waals surface area contributed by atoms with Crippen LogP contribution in [0.25, 0.3) is 0 Å². The summed E-state index contributed by atoms with van der Waals surface area (Å²) in [7, 11) is 0. The van der Waals surface area contributed by atoms with Crippen LogP contribution in [0, 0.1) is 5.92 Å². The van der Waals surface area contributed by atoms with Gasteiger partial charge in [0.1, 0.15) is 0 Å². The van der Waals surface area contributed by atoms with Crippen LogP contribution in [-0.2, 0) is 0 Å². The van der Waals surface area contributed by atoms with Crippen molar-refractivity contribution in [3.05, 3.63) is 29.8 Å². The first-order chi connectivity index (χ1) is 6.83. The van der Waals surface area contributed by atoms with Crippen molar-refractivity contribution in [1.29, 1.82) is 0 Å². The fraction of sp³-hybridized carbons (Fsp3) is 0.455. The maximum absolute atomic E-state index is 4.52. The van der Waals surface area contributed by atoms with E-state index < -0.39 is 0 Å². The van der Waals surface area contributed by atoms with E-state index in [4.69, 9.17) is 0 Å². The molecule has 1 nitrogen and oxygen atoms in total. The lowest BCUT2D eigenvalue weighted by molar-refractivity contribution is 0.582. The first kappa shape index (κ1) is 10.8. The lowest BCUT2D eigenvalue weighted by atomic mass is 9.90. The van der Waals surface area contributed by atoms with Crippen LogP contribution in [0.5, 0.6) is 0 Å². The van der Waals surface area contributed by atoms with E-state index in [1.165, 1.54) is 9.99 Å². The molecule has 0 amide bonds. The van der Waals surface area contributed by atoms with E-state index in [9.17, 15) is 0 Å². The Bertz CT molecular complexity index is 316. The molecule has 1 saturated heterocycles. The van der Waals surface area contributed by atoms with Crippen LogP contribution in [-0.4, -0.2) is 17.5 Å². The zero-order valence-electron chi connectivity index (χ0n) is 7.91. The van der Waals surface area contributed by atoms with Crippen LogP contribution in [0.1, 0.15) is 11.5 Å². The summed E-state index contributed by atoms with van der Waals surface area (Å²) in [6.07, 6.45) is 0. The minimum absolute atomic E-state index is 0.653. The second kappa shape index (κ2) is 4.86. The first-order valence-electron chi connectivity index (χ1n) is 4.87. The fourth-order valence-corrected chi connectivity index (χ4v) is 3.31. The van der Waals surface area contributed by atoms with E-state index in [0.717, 1.165) is 23.9 Å². The molecule has 2 rings (SSSR count). The average Bonchev–Trinajstić information content (AvgIpc) is 2.66. The first-order valence-corrected chi connectivity index (χ1v) is 6.84. The summed E-state index contributed by atoms with van der Waals surface area (Å²) >= 11 is 7.00. The number of hydrogen-bond donors (Lipinski definition) is 2. The van der Waals surface area contributed by atoms with Gasteiger partial charge in [0.05, 0.1) is 0 Å². The van der Waals surface area contributed by atoms with Gasteiger partial charge in [0.2, 0.25) is 0 Å². The molecular formula is C11H14INS. The Morgan fingerprint density at radius 2 is 2.14 bits per heavy atom. The molecule has 3 heteroatoms. The molecule has 1 aliphatic rings. The van der Waals surface area contributed by atoms with E-state index in [1.54, 1.807) is 0 Å². The highest BCUT2D eigenvalue weighted by Gasteiger charge is 2.28. The Balaban J connectivity index is 2.26. The maximum Gasteiger partial charge on any atom is 0.00754 e. The topological polar surface area (TPSA) is 12.0 Å². The summed E-state index contributed by atoms with van der Waals surface area (Å²) < 4.78 is 1.22. The lowest BCUT2D eigenvalue weighted by Crippen LogP contribution is -2.12. The van der Waals surface area contributed by atoms with E-state index in [-0.39, 0.29) is 0 Å². The van der Waals surface area contributed by atoms with Crippen molar-refractivity contribution < 1.29 is 0 Å². The van der Waals surface area contributed by atoms with Gasteiger partial charge in [-0.2, -0.15) is 0 Å². The number of rotatable bonds is 2. The molecule has 1 aromatic rings. The predicted octanol–water partition coefficient (Wildman–Crippen LogP) is 2.71. The standard InChI is InChI=1S/C11H14INS/c12-5-8-6-13-7-10(8)9-3-1-2-4-11(9)14/h1-4,8,10,13-14H,5-7H2. The third-order valence-electron chi connectivity index (χ3n) is 2.87. The molecule has 0 aliphatic carbocycles. The second-order valence-corrected chi connectivity index (χ2v) is 5.10. The third kappa shape index (κ3) is 2.09. The monoisotopic (exact) mass is 319 g/mol. The fourth-order valence-electron chi connectivity index (χ4n) is 2.06. The smallest absolute Gasteiger partial charge is 0.00754 e. The Hall–Kier alpha value is 0.260. The Morgan fingerprint density at radius 3 is 2.86 bits per heavy atom. The minimum Gasteiger partial charge on any atom is -0.316 e. The molecule has 0 aromatic heterocycles. The van der Waals surface area contributed by atoms with E-state index >= 15 is 0 Å². The van der Waals surface area contributed by atoms with Crippen LogP contribution in [0.2, 0.25) is 0 Å². The molecule has 1 heterocycles. The lowest BCUT2D eigenvalue weighted by Gasteiger charge is -2.18. The summed E-state index contributed by atoms with van der Waals surface area (Å²) in [6.45, 7) is 2.25. The van der Waals surface area contributed by atoms with Crippen molar-refractivity contribution in [2.75, 3.05) is 17.5 Å². The SMILES string of the molecule is Sc1ccccc1C1CNCC1CI. The van der Waals surface area contributed by atoms with Crippen molar-refractivity contribution in [3.8, 4) is 0 Å². The molecule has 1 fully saturated rings. The molecule has 0 radical (unpaired) electrons. The minimum atomic E-state index is 0.653. The molecule has 0 bridgehead atoms. The van der Waals surface area contributed by atoms with Gasteiger partial charge >= 0.3 is 0 Å². The molecule has 14 heavy (non-hydrogen) atoms. The van der Waals surface area contributed by atoms with Gasteiger partial charge in [0.15, 0.2) is 0 Å². The number of benzene rings is 1. The number of hydrogen-bond acceptors (Lipinski definition) is 2. The highest BCUT2D eigenvalue weighted by Crippen LogP contribution is 2.32. The molecule has 1 aromatic carbocycles. The van der Waals surface area contributed by atoms with E-state index in [1.807, 2.05) is 6.07 Å². The second-order valence-electron chi connectivity index (χ2n) is 3.74. The number of nitrogens with one attached hydrogen (secondary N) is 1. The molecular weight excluding hydrogens is 305 g/mol. The van der Waals surface area contributed by atoms with Crippen LogP contribution in [0.15, 0.2) is 29.2 Å². The van der Waals surface area contributed by atoms with Crippen molar-refractivity contribution in [2.45, 2.75) is 10.8 Å². The Labute approximate surface area is 104 Å². The predicted molar refractivity (Wildman–Crippen MR) is 71.7 cm³/mol. The van der Waals surface area contributed by atoms with Crippen LogP contribution in [0.3, 0.4) is 0 Å². The van der Waals surface area contributed by atoms with Gasteiger partial charge < -0.3 is 5.32 Å². The summed E-state index contributed by atoms with van der Waals surface area (Å²) in [6, 6.07) is 8.45. The molecule has 2 atom stereocenters. The summed E-state index contributed by atoms with van der Waals surface area (Å²) in [5.41, 5.74) is 1.41. The highest BCUT2D eigenvalue weighted by atomic mass is 127. The maximum atomic E-state index is 4.52. The van der Waals surface area contributed by atoms with Gasteiger partial charge in [-0.25, -0.2) is 0 Å². The van der Waals surface area contributed by atoms with Gasteiger partial charge in [0.25, 0.3) is 0 Å². The van der Waals surface area contributed by atoms with Gasteiger partial charge in [0, 0.05) is 21.8 Å². The Morgan fingerprint density at radius 1 is 1.36 bits per heavy atom. The molecule has 0 saturated carbocycles. The van der Waals surface area contributed by atoms with Crippen molar-refractivity contribution >= 4 is 35.2 Å². The molecule has 0 spiro atoms. The molecule has 76 valence electrons. The normalized spacial score (nSPS) is 26.7. The molecule has 2 unspecified atom stereocenters. The van der Waals surface area contributed by atoms with E-state index in [0.29, 0.717) is 5.92 Å². The summed E-state index contributed by atoms with van der Waals surface area (Å²) in [5, 5.41) is 3.46. The van der Waals surface area contributed by atoms with Crippen LogP contribution in [0.4, 0.5) is 0 Å². The molecule has 1 N–H and O–H groups in total. The van der Waals surface area contributed by atoms with Crippen LogP contribution < -0.4 is 5.32 Å². The summed E-state index contributed by atoms with van der Waals surface area (Å²) in [4.78, 5) is 1.14. The van der Waals surface area contributed by atoms with Crippen molar-refractivity contribution in [1.82, 2.24) is 5.32 Å². The zero-order chi connectivity index (χ0) is 9.97. The summed E-state index contributed by atoms with van der Waals surface area (Å²) in [5.74, 6) is 1.42. The quantitative estimate of drug-likeness (QED) is 0.485. The highest BCUT2D eigenvalue weighted by molar-refractivity contribution is 14.1. The van der Waals surface area contributed by atoms with Gasteiger partial charge in [-0.1, -0.05) is 40.8 Å².